The van der Waals surface area contributed by atoms with Gasteiger partial charge in [0.05, 0.1) is 11.7 Å². The number of amides is 1. The molecule has 2 rings (SSSR count). The maximum atomic E-state index is 13.8. The third-order valence-electron chi connectivity index (χ3n) is 3.91. The average molecular weight is 337 g/mol. The van der Waals surface area contributed by atoms with Gasteiger partial charge in [0, 0.05) is 11.4 Å². The molecule has 130 valence electrons. The zero-order valence-electron chi connectivity index (χ0n) is 13.4. The van der Waals surface area contributed by atoms with Crippen molar-refractivity contribution in [2.24, 2.45) is 23.1 Å². The van der Waals surface area contributed by atoms with Crippen molar-refractivity contribution >= 4 is 11.6 Å². The van der Waals surface area contributed by atoms with Crippen molar-refractivity contribution in [3.63, 3.8) is 0 Å². The van der Waals surface area contributed by atoms with Gasteiger partial charge in [-0.25, -0.2) is 8.78 Å². The maximum absolute atomic E-state index is 13.8. The topological polar surface area (TPSA) is 104 Å². The number of primary amides is 1. The molecule has 1 aliphatic carbocycles. The molecule has 0 heterocycles. The van der Waals surface area contributed by atoms with Gasteiger partial charge in [-0.2, -0.15) is 0 Å². The van der Waals surface area contributed by atoms with E-state index in [1.165, 1.54) is 12.1 Å². The molecule has 0 aliphatic heterocycles. The monoisotopic (exact) mass is 337 g/mol. The Hall–Kier alpha value is -2.41. The normalized spacial score (nSPS) is 21.9. The summed E-state index contributed by atoms with van der Waals surface area (Å²) in [6.45, 7) is 1.74. The maximum Gasteiger partial charge on any atom is 0.243 e. The Morgan fingerprint density at radius 1 is 1.33 bits per heavy atom. The minimum Gasteiger partial charge on any atom is -0.400 e. The summed E-state index contributed by atoms with van der Waals surface area (Å²) in [7, 11) is 0. The van der Waals surface area contributed by atoms with Crippen LogP contribution in [0.2, 0.25) is 0 Å². The molecule has 0 saturated heterocycles. The second kappa shape index (κ2) is 7.44. The van der Waals surface area contributed by atoms with E-state index < -0.39 is 23.6 Å². The summed E-state index contributed by atoms with van der Waals surface area (Å²) >= 11 is 0. The number of halogens is 2. The van der Waals surface area contributed by atoms with Gasteiger partial charge >= 0.3 is 0 Å². The molecule has 0 bridgehead atoms. The van der Waals surface area contributed by atoms with Crippen molar-refractivity contribution in [2.45, 2.75) is 25.9 Å². The van der Waals surface area contributed by atoms with E-state index in [2.05, 4.69) is 0 Å². The average Bonchev–Trinajstić information content (AvgIpc) is 2.48. The van der Waals surface area contributed by atoms with Gasteiger partial charge in [0.2, 0.25) is 5.91 Å². The van der Waals surface area contributed by atoms with Crippen molar-refractivity contribution in [1.82, 2.24) is 0 Å². The Bertz CT molecular complexity index is 681. The van der Waals surface area contributed by atoms with E-state index in [9.17, 15) is 13.6 Å². The smallest absolute Gasteiger partial charge is 0.243 e. The standard InChI is InChI=1S/C17H21F2N3O2/c1-9-5-10(17(22)14(6-9)24-8-15(21)23)7-13(20)16-11(18)3-2-4-12(16)19/h2-4,7,9,14H,5-6,8,20,22H2,1H3,(H2,21,23)/b13-7-. The van der Waals surface area contributed by atoms with Gasteiger partial charge in [-0.3, -0.25) is 4.79 Å². The van der Waals surface area contributed by atoms with Crippen LogP contribution in [0.4, 0.5) is 8.78 Å². The lowest BCUT2D eigenvalue weighted by Gasteiger charge is -2.29. The molecule has 5 nitrogen and oxygen atoms in total. The molecular weight excluding hydrogens is 316 g/mol. The number of nitrogens with two attached hydrogens (primary N) is 3. The van der Waals surface area contributed by atoms with Crippen LogP contribution < -0.4 is 17.2 Å². The number of rotatable bonds is 5. The molecule has 0 saturated carbocycles. The second-order valence-electron chi connectivity index (χ2n) is 5.99. The minimum absolute atomic E-state index is 0.0497. The summed E-state index contributed by atoms with van der Waals surface area (Å²) in [5.41, 5.74) is 17.7. The first-order valence-corrected chi connectivity index (χ1v) is 7.59. The summed E-state index contributed by atoms with van der Waals surface area (Å²) in [6, 6.07) is 3.55. The Labute approximate surface area is 139 Å². The number of benzene rings is 1. The van der Waals surface area contributed by atoms with Crippen LogP contribution in [0, 0.1) is 17.6 Å². The van der Waals surface area contributed by atoms with Gasteiger partial charge in [0.15, 0.2) is 0 Å². The zero-order chi connectivity index (χ0) is 17.9. The Balaban J connectivity index is 2.34. The molecule has 24 heavy (non-hydrogen) atoms. The van der Waals surface area contributed by atoms with Crippen molar-refractivity contribution in [3.05, 3.63) is 52.7 Å². The number of ether oxygens (including phenoxy) is 1. The van der Waals surface area contributed by atoms with E-state index in [0.29, 0.717) is 24.1 Å². The van der Waals surface area contributed by atoms with Crippen molar-refractivity contribution in [3.8, 4) is 0 Å². The quantitative estimate of drug-likeness (QED) is 0.761. The molecule has 1 aromatic carbocycles. The highest BCUT2D eigenvalue weighted by Crippen LogP contribution is 2.31. The number of allylic oxidation sites excluding steroid dienone is 2. The minimum atomic E-state index is -0.742. The van der Waals surface area contributed by atoms with Crippen LogP contribution >= 0.6 is 0 Å². The number of hydrogen-bond acceptors (Lipinski definition) is 4. The first-order valence-electron chi connectivity index (χ1n) is 7.59. The lowest BCUT2D eigenvalue weighted by molar-refractivity contribution is -0.124. The van der Waals surface area contributed by atoms with Crippen LogP contribution in [0.1, 0.15) is 25.3 Å². The number of carbonyl (C=O) groups is 1. The fourth-order valence-electron chi connectivity index (χ4n) is 2.79. The van der Waals surface area contributed by atoms with Crippen molar-refractivity contribution < 1.29 is 18.3 Å². The third-order valence-corrected chi connectivity index (χ3v) is 3.91. The van der Waals surface area contributed by atoms with Crippen molar-refractivity contribution in [2.75, 3.05) is 6.61 Å². The summed E-state index contributed by atoms with van der Waals surface area (Å²) < 4.78 is 33.1. The van der Waals surface area contributed by atoms with E-state index >= 15 is 0 Å². The van der Waals surface area contributed by atoms with Gasteiger partial charge in [0.25, 0.3) is 0 Å². The summed E-state index contributed by atoms with van der Waals surface area (Å²) in [5, 5.41) is 0. The molecule has 0 radical (unpaired) electrons. The molecule has 1 amide bonds. The third kappa shape index (κ3) is 4.11. The van der Waals surface area contributed by atoms with Crippen LogP contribution in [0.3, 0.4) is 0 Å². The highest BCUT2D eigenvalue weighted by atomic mass is 19.1. The van der Waals surface area contributed by atoms with Gasteiger partial charge in [-0.1, -0.05) is 13.0 Å². The Morgan fingerprint density at radius 3 is 2.54 bits per heavy atom. The van der Waals surface area contributed by atoms with E-state index in [1.54, 1.807) is 0 Å². The molecule has 6 N–H and O–H groups in total. The van der Waals surface area contributed by atoms with Crippen molar-refractivity contribution in [1.29, 1.82) is 0 Å². The van der Waals surface area contributed by atoms with Crippen LogP contribution in [-0.2, 0) is 9.53 Å². The first kappa shape index (κ1) is 17.9. The van der Waals surface area contributed by atoms with Crippen LogP contribution in [-0.4, -0.2) is 18.6 Å². The molecule has 2 atom stereocenters. The van der Waals surface area contributed by atoms with Gasteiger partial charge in [-0.15, -0.1) is 0 Å². The largest absolute Gasteiger partial charge is 0.400 e. The van der Waals surface area contributed by atoms with Gasteiger partial charge in [-0.05, 0) is 42.5 Å². The van der Waals surface area contributed by atoms with E-state index in [4.69, 9.17) is 21.9 Å². The molecule has 1 aliphatic rings. The molecule has 7 heteroatoms. The highest BCUT2D eigenvalue weighted by molar-refractivity contribution is 5.75. The molecular formula is C17H21F2N3O2. The number of hydrogen-bond donors (Lipinski definition) is 3. The molecule has 2 unspecified atom stereocenters. The molecule has 0 aromatic heterocycles. The lowest BCUT2D eigenvalue weighted by atomic mass is 9.85. The zero-order valence-corrected chi connectivity index (χ0v) is 13.4. The molecule has 0 spiro atoms. The van der Waals surface area contributed by atoms with Gasteiger partial charge < -0.3 is 21.9 Å². The SMILES string of the molecule is CC1CC(/C=C(\N)c2c(F)cccc2F)=C(N)C(OCC(N)=O)C1. The fourth-order valence-corrected chi connectivity index (χ4v) is 2.79. The Morgan fingerprint density at radius 2 is 1.96 bits per heavy atom. The summed E-state index contributed by atoms with van der Waals surface area (Å²) in [6.07, 6.45) is 2.21. The Kier molecular flexibility index (Phi) is 5.56. The highest BCUT2D eigenvalue weighted by Gasteiger charge is 2.26. The summed E-state index contributed by atoms with van der Waals surface area (Å²) in [5.74, 6) is -1.87. The van der Waals surface area contributed by atoms with Crippen LogP contribution in [0.5, 0.6) is 0 Å². The number of carbonyl (C=O) groups excluding carboxylic acids is 1. The molecule has 1 aromatic rings. The summed E-state index contributed by atoms with van der Waals surface area (Å²) in [4.78, 5) is 10.9. The van der Waals surface area contributed by atoms with Gasteiger partial charge in [0.1, 0.15) is 18.2 Å². The predicted octanol–water partition coefficient (Wildman–Crippen LogP) is 1.78. The van der Waals surface area contributed by atoms with E-state index in [0.717, 1.165) is 12.1 Å². The predicted molar refractivity (Wildman–Crippen MR) is 87.1 cm³/mol. The van der Waals surface area contributed by atoms with Crippen LogP contribution in [0.25, 0.3) is 5.70 Å². The molecule has 0 fully saturated rings. The second-order valence-corrected chi connectivity index (χ2v) is 5.99. The fraction of sp³-hybridized carbons (Fsp3) is 0.353. The van der Waals surface area contributed by atoms with E-state index in [-0.39, 0.29) is 23.8 Å². The first-order chi connectivity index (χ1) is 11.3. The van der Waals surface area contributed by atoms with Crippen LogP contribution in [0.15, 0.2) is 35.5 Å². The lowest BCUT2D eigenvalue weighted by Crippen LogP contribution is -2.32. The van der Waals surface area contributed by atoms with E-state index in [1.807, 2.05) is 6.92 Å².